The lowest BCUT2D eigenvalue weighted by atomic mass is 9.87. The quantitative estimate of drug-likeness (QED) is 0.416. The number of aryl methyl sites for hydroxylation is 1. The van der Waals surface area contributed by atoms with E-state index in [0.29, 0.717) is 0 Å². The maximum atomic E-state index is 11.1. The van der Waals surface area contributed by atoms with Crippen molar-refractivity contribution in [2.75, 3.05) is 16.9 Å². The number of nitrogens with zero attached hydrogens (tertiary/aromatic N) is 4. The fraction of sp³-hybridized carbons (Fsp3) is 0.364. The van der Waals surface area contributed by atoms with E-state index in [0.717, 1.165) is 24.1 Å². The zero-order chi connectivity index (χ0) is 21.2. The molecule has 0 bridgehead atoms. The number of nitro groups is 1. The van der Waals surface area contributed by atoms with E-state index in [1.807, 2.05) is 0 Å². The van der Waals surface area contributed by atoms with Crippen LogP contribution in [0.5, 0.6) is 0 Å². The highest BCUT2D eigenvalue weighted by Crippen LogP contribution is 2.40. The van der Waals surface area contributed by atoms with Crippen molar-refractivity contribution in [3.8, 4) is 0 Å². The summed E-state index contributed by atoms with van der Waals surface area (Å²) in [5.74, 6) is 0.122. The van der Waals surface area contributed by atoms with Gasteiger partial charge in [0, 0.05) is 30.1 Å². The van der Waals surface area contributed by atoms with Crippen molar-refractivity contribution in [3.63, 3.8) is 0 Å². The van der Waals surface area contributed by atoms with Gasteiger partial charge in [0.2, 0.25) is 5.82 Å². The number of hydrazone groups is 1. The summed E-state index contributed by atoms with van der Waals surface area (Å²) in [5, 5.41) is 15.3. The Kier molecular flexibility index (Phi) is 5.68. The van der Waals surface area contributed by atoms with Crippen molar-refractivity contribution in [3.05, 3.63) is 63.3 Å². The van der Waals surface area contributed by atoms with Crippen molar-refractivity contribution in [1.82, 2.24) is 4.98 Å². The average molecular weight is 393 g/mol. The van der Waals surface area contributed by atoms with Gasteiger partial charge < -0.3 is 4.90 Å². The molecule has 0 fully saturated rings. The SMILES string of the molecule is CCCN1c2cc(C)c(/C=N\Nc3ncccc3[N+](=O)[O-])cc2C(C)=CC1(C)C. The Labute approximate surface area is 171 Å². The Hall–Kier alpha value is -3.22. The van der Waals surface area contributed by atoms with Crippen LogP contribution in [0.2, 0.25) is 0 Å². The normalized spacial score (nSPS) is 15.2. The third-order valence-electron chi connectivity index (χ3n) is 5.17. The number of anilines is 2. The highest BCUT2D eigenvalue weighted by molar-refractivity contribution is 5.89. The topological polar surface area (TPSA) is 83.7 Å². The third kappa shape index (κ3) is 4.13. The van der Waals surface area contributed by atoms with Crippen LogP contribution in [0, 0.1) is 17.0 Å². The fourth-order valence-corrected chi connectivity index (χ4v) is 3.81. The van der Waals surface area contributed by atoms with Gasteiger partial charge in [-0.3, -0.25) is 15.5 Å². The predicted molar refractivity (Wildman–Crippen MR) is 119 cm³/mol. The molecule has 1 aromatic heterocycles. The molecule has 3 rings (SSSR count). The van der Waals surface area contributed by atoms with Gasteiger partial charge in [-0.2, -0.15) is 5.10 Å². The summed E-state index contributed by atoms with van der Waals surface area (Å²) < 4.78 is 0. The maximum absolute atomic E-state index is 11.1. The highest BCUT2D eigenvalue weighted by atomic mass is 16.6. The van der Waals surface area contributed by atoms with E-state index in [9.17, 15) is 10.1 Å². The van der Waals surface area contributed by atoms with Crippen molar-refractivity contribution in [1.29, 1.82) is 0 Å². The smallest absolute Gasteiger partial charge is 0.313 e. The summed E-state index contributed by atoms with van der Waals surface area (Å²) in [4.78, 5) is 17.1. The molecular formula is C22H27N5O2. The molecule has 1 aliphatic heterocycles. The standard InChI is InChI=1S/C22H27N5O2/c1-6-10-26-20-11-15(2)17(12-18(20)16(3)13-22(26,4)5)14-24-25-21-19(27(28)29)8-7-9-23-21/h7-9,11-14H,6,10H2,1-5H3,(H,23,25)/b24-14-. The minimum atomic E-state index is -0.479. The molecule has 0 saturated heterocycles. The number of pyridine rings is 1. The Balaban J connectivity index is 1.93. The molecule has 29 heavy (non-hydrogen) atoms. The van der Waals surface area contributed by atoms with Crippen molar-refractivity contribution < 1.29 is 4.92 Å². The van der Waals surface area contributed by atoms with Crippen LogP contribution in [0.25, 0.3) is 5.57 Å². The minimum Gasteiger partial charge on any atom is -0.362 e. The van der Waals surface area contributed by atoms with Gasteiger partial charge in [-0.05, 0) is 69.0 Å². The highest BCUT2D eigenvalue weighted by Gasteiger charge is 2.31. The van der Waals surface area contributed by atoms with Gasteiger partial charge >= 0.3 is 5.69 Å². The van der Waals surface area contributed by atoms with Gasteiger partial charge in [0.05, 0.1) is 16.7 Å². The monoisotopic (exact) mass is 393 g/mol. The average Bonchev–Trinajstić information content (AvgIpc) is 2.66. The second kappa shape index (κ2) is 8.03. The van der Waals surface area contributed by atoms with Gasteiger partial charge in [-0.25, -0.2) is 4.98 Å². The summed E-state index contributed by atoms with van der Waals surface area (Å²) in [6.45, 7) is 11.8. The van der Waals surface area contributed by atoms with E-state index >= 15 is 0 Å². The molecule has 0 amide bonds. The lowest BCUT2D eigenvalue weighted by Gasteiger charge is -2.43. The number of aromatic nitrogens is 1. The first kappa shape index (κ1) is 20.5. The van der Waals surface area contributed by atoms with E-state index in [-0.39, 0.29) is 17.0 Å². The molecule has 0 spiro atoms. The van der Waals surface area contributed by atoms with Crippen molar-refractivity contribution in [2.24, 2.45) is 5.10 Å². The summed E-state index contributed by atoms with van der Waals surface area (Å²) in [6, 6.07) is 7.26. The molecule has 1 N–H and O–H groups in total. The van der Waals surface area contributed by atoms with Crippen LogP contribution < -0.4 is 10.3 Å². The summed E-state index contributed by atoms with van der Waals surface area (Å²) in [5.41, 5.74) is 8.27. The molecule has 7 heteroatoms. The molecule has 0 saturated carbocycles. The number of fused-ring (bicyclic) bond motifs is 1. The first-order valence-electron chi connectivity index (χ1n) is 9.75. The van der Waals surface area contributed by atoms with Gasteiger partial charge in [0.1, 0.15) is 0 Å². The minimum absolute atomic E-state index is 0.0331. The van der Waals surface area contributed by atoms with Crippen molar-refractivity contribution in [2.45, 2.75) is 46.6 Å². The number of hydrogen-bond donors (Lipinski definition) is 1. The van der Waals surface area contributed by atoms with Crippen LogP contribution >= 0.6 is 0 Å². The fourth-order valence-electron chi connectivity index (χ4n) is 3.81. The Morgan fingerprint density at radius 2 is 2.10 bits per heavy atom. The molecule has 2 aromatic rings. The molecule has 0 radical (unpaired) electrons. The zero-order valence-electron chi connectivity index (χ0n) is 17.6. The van der Waals surface area contributed by atoms with Crippen LogP contribution in [0.15, 0.2) is 41.6 Å². The first-order valence-corrected chi connectivity index (χ1v) is 9.75. The largest absolute Gasteiger partial charge is 0.362 e. The van der Waals surface area contributed by atoms with Gasteiger partial charge in [0.25, 0.3) is 0 Å². The Bertz CT molecular complexity index is 995. The lowest BCUT2D eigenvalue weighted by Crippen LogP contribution is -2.45. The molecule has 1 aliphatic rings. The number of nitrogens with one attached hydrogen (secondary N) is 1. The number of allylic oxidation sites excluding steroid dienone is 1. The van der Waals surface area contributed by atoms with E-state index in [1.54, 1.807) is 6.21 Å². The number of hydrogen-bond acceptors (Lipinski definition) is 6. The number of rotatable bonds is 6. The number of benzene rings is 1. The van der Waals surface area contributed by atoms with Crippen LogP contribution in [0.3, 0.4) is 0 Å². The van der Waals surface area contributed by atoms with Crippen LogP contribution in [0.4, 0.5) is 17.2 Å². The first-order chi connectivity index (χ1) is 13.7. The summed E-state index contributed by atoms with van der Waals surface area (Å²) >= 11 is 0. The van der Waals surface area contributed by atoms with Crippen LogP contribution in [-0.2, 0) is 0 Å². The second-order valence-corrected chi connectivity index (χ2v) is 7.86. The van der Waals surface area contributed by atoms with E-state index < -0.39 is 4.92 Å². The van der Waals surface area contributed by atoms with Crippen molar-refractivity contribution >= 4 is 29.0 Å². The third-order valence-corrected chi connectivity index (χ3v) is 5.17. The van der Waals surface area contributed by atoms with E-state index in [1.165, 1.54) is 35.2 Å². The summed E-state index contributed by atoms with van der Waals surface area (Å²) in [7, 11) is 0. The zero-order valence-corrected chi connectivity index (χ0v) is 17.6. The molecule has 7 nitrogen and oxygen atoms in total. The molecular weight excluding hydrogens is 366 g/mol. The molecule has 152 valence electrons. The van der Waals surface area contributed by atoms with E-state index in [4.69, 9.17) is 0 Å². The Morgan fingerprint density at radius 1 is 1.34 bits per heavy atom. The molecule has 0 aliphatic carbocycles. The maximum Gasteiger partial charge on any atom is 0.313 e. The molecule has 2 heterocycles. The van der Waals surface area contributed by atoms with Crippen LogP contribution in [-0.4, -0.2) is 28.2 Å². The lowest BCUT2D eigenvalue weighted by molar-refractivity contribution is -0.384. The predicted octanol–water partition coefficient (Wildman–Crippen LogP) is 5.16. The molecule has 1 aromatic carbocycles. The van der Waals surface area contributed by atoms with Gasteiger partial charge in [-0.15, -0.1) is 0 Å². The Morgan fingerprint density at radius 3 is 2.79 bits per heavy atom. The second-order valence-electron chi connectivity index (χ2n) is 7.86. The van der Waals surface area contributed by atoms with Crippen LogP contribution in [0.1, 0.15) is 50.8 Å². The molecule has 0 unspecified atom stereocenters. The van der Waals surface area contributed by atoms with E-state index in [2.05, 4.69) is 73.2 Å². The summed E-state index contributed by atoms with van der Waals surface area (Å²) in [6.07, 6.45) is 6.56. The van der Waals surface area contributed by atoms with Gasteiger partial charge in [-0.1, -0.05) is 13.0 Å². The molecule has 0 atom stereocenters. The van der Waals surface area contributed by atoms with Gasteiger partial charge in [0.15, 0.2) is 0 Å².